The van der Waals surface area contributed by atoms with E-state index in [0.29, 0.717) is 0 Å². The summed E-state index contributed by atoms with van der Waals surface area (Å²) in [5, 5.41) is 3.75. The minimum absolute atomic E-state index is 0.262. The van der Waals surface area contributed by atoms with E-state index < -0.39 is 11.7 Å². The van der Waals surface area contributed by atoms with E-state index in [0.717, 1.165) is 16.5 Å². The molecule has 0 spiro atoms. The lowest BCUT2D eigenvalue weighted by molar-refractivity contribution is 0.0535. The highest BCUT2D eigenvalue weighted by atomic mass is 16.6. The maximum atomic E-state index is 11.4. The number of aromatic nitrogens is 1. The van der Waals surface area contributed by atoms with Crippen molar-refractivity contribution >= 4 is 17.0 Å². The van der Waals surface area contributed by atoms with E-state index in [1.807, 2.05) is 51.2 Å². The van der Waals surface area contributed by atoms with Crippen molar-refractivity contribution in [2.24, 2.45) is 0 Å². The molecule has 0 aliphatic carbocycles. The summed E-state index contributed by atoms with van der Waals surface area (Å²) < 4.78 is 5.11. The first-order chi connectivity index (χ1) is 9.44. The molecule has 0 unspecified atom stereocenters. The van der Waals surface area contributed by atoms with Crippen molar-refractivity contribution in [3.05, 3.63) is 36.0 Å². The maximum absolute atomic E-state index is 11.4. The zero-order valence-corrected chi connectivity index (χ0v) is 11.9. The van der Waals surface area contributed by atoms with Gasteiger partial charge in [0.15, 0.2) is 0 Å². The van der Waals surface area contributed by atoms with Crippen molar-refractivity contribution in [2.45, 2.75) is 26.4 Å². The molecular formula is C16H18N2O2. The summed E-state index contributed by atoms with van der Waals surface area (Å²) in [5.74, 6) is 5.90. The van der Waals surface area contributed by atoms with Crippen molar-refractivity contribution in [3.8, 4) is 11.8 Å². The molecule has 0 saturated heterocycles. The number of rotatable bonds is 1. The number of alkyl carbamates (subject to hydrolysis) is 1. The third-order valence-corrected chi connectivity index (χ3v) is 2.51. The van der Waals surface area contributed by atoms with Crippen LogP contribution in [0.1, 0.15) is 26.3 Å². The van der Waals surface area contributed by atoms with Crippen LogP contribution >= 0.6 is 0 Å². The van der Waals surface area contributed by atoms with Crippen LogP contribution in [0.25, 0.3) is 10.9 Å². The minimum atomic E-state index is -0.490. The second-order valence-corrected chi connectivity index (χ2v) is 5.44. The predicted molar refractivity (Wildman–Crippen MR) is 79.4 cm³/mol. The van der Waals surface area contributed by atoms with Crippen LogP contribution in [0.2, 0.25) is 0 Å². The van der Waals surface area contributed by atoms with Gasteiger partial charge < -0.3 is 15.0 Å². The lowest BCUT2D eigenvalue weighted by atomic mass is 10.2. The molecule has 1 amide bonds. The molecule has 1 aromatic heterocycles. The van der Waals surface area contributed by atoms with Gasteiger partial charge in [-0.25, -0.2) is 4.79 Å². The number of benzene rings is 1. The van der Waals surface area contributed by atoms with Crippen LogP contribution in [0.4, 0.5) is 4.79 Å². The zero-order chi connectivity index (χ0) is 14.6. The van der Waals surface area contributed by atoms with Gasteiger partial charge in [0, 0.05) is 17.3 Å². The smallest absolute Gasteiger partial charge is 0.408 e. The van der Waals surface area contributed by atoms with Crippen molar-refractivity contribution in [3.63, 3.8) is 0 Å². The molecule has 1 heterocycles. The summed E-state index contributed by atoms with van der Waals surface area (Å²) >= 11 is 0. The molecule has 1 aromatic carbocycles. The number of amides is 1. The van der Waals surface area contributed by atoms with Crippen LogP contribution in [-0.4, -0.2) is 23.2 Å². The second kappa shape index (κ2) is 5.70. The Hall–Kier alpha value is -2.41. The van der Waals surface area contributed by atoms with Crippen LogP contribution in [0, 0.1) is 11.8 Å². The summed E-state index contributed by atoms with van der Waals surface area (Å²) in [6, 6.07) is 7.96. The molecule has 4 heteroatoms. The molecule has 2 aromatic rings. The van der Waals surface area contributed by atoms with Crippen LogP contribution in [0.15, 0.2) is 30.5 Å². The van der Waals surface area contributed by atoms with Crippen molar-refractivity contribution in [2.75, 3.05) is 6.54 Å². The largest absolute Gasteiger partial charge is 0.444 e. The molecule has 2 N–H and O–H groups in total. The number of ether oxygens (including phenoxy) is 1. The molecule has 4 nitrogen and oxygen atoms in total. The van der Waals surface area contributed by atoms with Crippen LogP contribution < -0.4 is 5.32 Å². The maximum Gasteiger partial charge on any atom is 0.408 e. The van der Waals surface area contributed by atoms with Gasteiger partial charge in [-0.3, -0.25) is 0 Å². The van der Waals surface area contributed by atoms with Gasteiger partial charge in [-0.05, 0) is 44.4 Å². The Morgan fingerprint density at radius 3 is 2.90 bits per heavy atom. The third-order valence-electron chi connectivity index (χ3n) is 2.51. The topological polar surface area (TPSA) is 54.1 Å². The SMILES string of the molecule is CC(C)(C)OC(=O)NCC#Cc1ccc2cc[nH]c2c1. The third kappa shape index (κ3) is 4.06. The first kappa shape index (κ1) is 14.0. The Morgan fingerprint density at radius 2 is 2.15 bits per heavy atom. The van der Waals surface area contributed by atoms with E-state index in [2.05, 4.69) is 22.1 Å². The Morgan fingerprint density at radius 1 is 1.35 bits per heavy atom. The van der Waals surface area contributed by atoms with E-state index in [-0.39, 0.29) is 6.54 Å². The number of hydrogen-bond donors (Lipinski definition) is 2. The normalized spacial score (nSPS) is 10.8. The van der Waals surface area contributed by atoms with Gasteiger partial charge in [-0.1, -0.05) is 17.9 Å². The highest BCUT2D eigenvalue weighted by Gasteiger charge is 2.14. The zero-order valence-electron chi connectivity index (χ0n) is 11.9. The fourth-order valence-corrected chi connectivity index (χ4v) is 1.70. The van der Waals surface area contributed by atoms with Gasteiger partial charge in [0.05, 0.1) is 6.54 Å². The summed E-state index contributed by atoms with van der Waals surface area (Å²) in [6.07, 6.45) is 1.44. The van der Waals surface area contributed by atoms with Gasteiger partial charge in [-0.15, -0.1) is 0 Å². The molecule has 20 heavy (non-hydrogen) atoms. The summed E-state index contributed by atoms with van der Waals surface area (Å²) in [4.78, 5) is 14.5. The summed E-state index contributed by atoms with van der Waals surface area (Å²) in [5.41, 5.74) is 1.47. The van der Waals surface area contributed by atoms with Gasteiger partial charge >= 0.3 is 6.09 Å². The first-order valence-electron chi connectivity index (χ1n) is 6.47. The molecule has 0 fully saturated rings. The summed E-state index contributed by atoms with van der Waals surface area (Å²) in [6.45, 7) is 5.73. The fourth-order valence-electron chi connectivity index (χ4n) is 1.70. The van der Waals surface area contributed by atoms with E-state index in [9.17, 15) is 4.79 Å². The molecule has 0 aliphatic heterocycles. The monoisotopic (exact) mass is 270 g/mol. The molecule has 0 radical (unpaired) electrons. The highest BCUT2D eigenvalue weighted by Crippen LogP contribution is 2.13. The van der Waals surface area contributed by atoms with Gasteiger partial charge in [0.25, 0.3) is 0 Å². The molecule has 104 valence electrons. The molecule has 0 aliphatic rings. The highest BCUT2D eigenvalue weighted by molar-refractivity contribution is 5.80. The Labute approximate surface area is 118 Å². The van der Waals surface area contributed by atoms with Crippen LogP contribution in [-0.2, 0) is 4.74 Å². The van der Waals surface area contributed by atoms with E-state index in [1.54, 1.807) is 0 Å². The van der Waals surface area contributed by atoms with Gasteiger partial charge in [0.1, 0.15) is 5.60 Å². The van der Waals surface area contributed by atoms with Gasteiger partial charge in [0.2, 0.25) is 0 Å². The average molecular weight is 270 g/mol. The number of nitrogens with one attached hydrogen (secondary N) is 2. The predicted octanol–water partition coefficient (Wildman–Crippen LogP) is 3.04. The lowest BCUT2D eigenvalue weighted by Crippen LogP contribution is -2.32. The van der Waals surface area contributed by atoms with Crippen LogP contribution in [0.5, 0.6) is 0 Å². The average Bonchev–Trinajstić information content (AvgIpc) is 2.79. The second-order valence-electron chi connectivity index (χ2n) is 5.44. The Balaban J connectivity index is 1.89. The molecule has 0 atom stereocenters. The number of carbonyl (C=O) groups is 1. The van der Waals surface area contributed by atoms with E-state index in [1.165, 1.54) is 0 Å². The number of aromatic amines is 1. The van der Waals surface area contributed by atoms with Gasteiger partial charge in [-0.2, -0.15) is 0 Å². The van der Waals surface area contributed by atoms with Crippen LogP contribution in [0.3, 0.4) is 0 Å². The Kier molecular flexibility index (Phi) is 3.99. The fraction of sp³-hybridized carbons (Fsp3) is 0.312. The number of H-pyrrole nitrogens is 1. The van der Waals surface area contributed by atoms with Crippen molar-refractivity contribution in [1.29, 1.82) is 0 Å². The number of hydrogen-bond acceptors (Lipinski definition) is 2. The Bertz CT molecular complexity index is 669. The number of fused-ring (bicyclic) bond motifs is 1. The molecule has 2 rings (SSSR count). The quantitative estimate of drug-likeness (QED) is 0.782. The standard InChI is InChI=1S/C16H18N2O2/c1-16(2,3)20-15(19)18-9-4-5-12-6-7-13-8-10-17-14(13)11-12/h6-8,10-11,17H,9H2,1-3H3,(H,18,19). The van der Waals surface area contributed by atoms with Crippen molar-refractivity contribution < 1.29 is 9.53 Å². The van der Waals surface area contributed by atoms with Crippen molar-refractivity contribution in [1.82, 2.24) is 10.3 Å². The van der Waals surface area contributed by atoms with E-state index in [4.69, 9.17) is 4.74 Å². The molecule has 0 bridgehead atoms. The number of carbonyl (C=O) groups excluding carboxylic acids is 1. The lowest BCUT2D eigenvalue weighted by Gasteiger charge is -2.18. The van der Waals surface area contributed by atoms with E-state index >= 15 is 0 Å². The first-order valence-corrected chi connectivity index (χ1v) is 6.47. The molecular weight excluding hydrogens is 252 g/mol. The minimum Gasteiger partial charge on any atom is -0.444 e. The summed E-state index contributed by atoms with van der Waals surface area (Å²) in [7, 11) is 0. The molecule has 0 saturated carbocycles.